The molecule has 2 aromatic rings. The number of carbonyl (C=O) groups is 1. The summed E-state index contributed by atoms with van der Waals surface area (Å²) in [5.41, 5.74) is 10.2. The molecule has 4 nitrogen and oxygen atoms in total. The number of hydrogen-bond acceptors (Lipinski definition) is 2. The summed E-state index contributed by atoms with van der Waals surface area (Å²) in [6, 6.07) is 10.3. The van der Waals surface area contributed by atoms with Gasteiger partial charge in [-0.25, -0.2) is 0 Å². The first kappa shape index (κ1) is 16.9. The zero-order chi connectivity index (χ0) is 17.0. The van der Waals surface area contributed by atoms with Crippen LogP contribution < -0.4 is 10.6 Å². The summed E-state index contributed by atoms with van der Waals surface area (Å²) in [4.78, 5) is 13.9. The maximum Gasteiger partial charge on any atom is 0.250 e. The van der Waals surface area contributed by atoms with Crippen LogP contribution in [-0.2, 0) is 6.54 Å². The Balaban J connectivity index is 2.47. The van der Waals surface area contributed by atoms with Crippen molar-refractivity contribution < 1.29 is 4.79 Å². The minimum absolute atomic E-state index is 0.397. The third-order valence-corrected chi connectivity index (χ3v) is 4.24. The zero-order valence-corrected chi connectivity index (χ0v) is 14.2. The Hall–Kier alpha value is -2.49. The number of nitrogens with zero attached hydrogens (tertiary/aromatic N) is 2. The van der Waals surface area contributed by atoms with Crippen molar-refractivity contribution in [1.29, 1.82) is 0 Å². The second-order valence-corrected chi connectivity index (χ2v) is 5.51. The molecule has 0 spiro atoms. The third kappa shape index (κ3) is 3.31. The Morgan fingerprint density at radius 2 is 1.87 bits per heavy atom. The van der Waals surface area contributed by atoms with Crippen LogP contribution in [0.5, 0.6) is 0 Å². The fraction of sp³-hybridized carbons (Fsp3) is 0.316. The summed E-state index contributed by atoms with van der Waals surface area (Å²) in [7, 11) is 0. The van der Waals surface area contributed by atoms with Crippen LogP contribution in [0.1, 0.15) is 29.9 Å². The van der Waals surface area contributed by atoms with E-state index in [1.54, 1.807) is 0 Å². The largest absolute Gasteiger partial charge is 0.372 e. The van der Waals surface area contributed by atoms with Crippen molar-refractivity contribution in [2.45, 2.75) is 27.3 Å². The Morgan fingerprint density at radius 3 is 2.35 bits per heavy atom. The monoisotopic (exact) mass is 311 g/mol. The van der Waals surface area contributed by atoms with Gasteiger partial charge in [0.15, 0.2) is 0 Å². The van der Waals surface area contributed by atoms with Crippen LogP contribution in [0.3, 0.4) is 0 Å². The molecule has 1 aromatic heterocycles. The third-order valence-electron chi connectivity index (χ3n) is 4.24. The highest BCUT2D eigenvalue weighted by Crippen LogP contribution is 2.28. The fourth-order valence-corrected chi connectivity index (χ4v) is 2.93. The molecular formula is C19H25N3O. The van der Waals surface area contributed by atoms with Crippen molar-refractivity contribution in [2.24, 2.45) is 5.73 Å². The summed E-state index contributed by atoms with van der Waals surface area (Å²) in [5, 5.41) is 0. The van der Waals surface area contributed by atoms with Gasteiger partial charge in [-0.05, 0) is 44.5 Å². The van der Waals surface area contributed by atoms with Crippen molar-refractivity contribution >= 4 is 11.6 Å². The number of allylic oxidation sites excluding steroid dienone is 1. The SMILES string of the molecule is C=CCn1c(-c2ccc(N(CC)CC)cc2)cc(C(N)=O)c1C. The van der Waals surface area contributed by atoms with Gasteiger partial charge in [-0.2, -0.15) is 0 Å². The van der Waals surface area contributed by atoms with Gasteiger partial charge >= 0.3 is 0 Å². The molecule has 2 rings (SSSR count). The van der Waals surface area contributed by atoms with Crippen molar-refractivity contribution in [3.63, 3.8) is 0 Å². The Labute approximate surface area is 138 Å². The number of carbonyl (C=O) groups excluding carboxylic acids is 1. The molecule has 0 aliphatic rings. The van der Waals surface area contributed by atoms with E-state index in [0.29, 0.717) is 12.1 Å². The summed E-state index contributed by atoms with van der Waals surface area (Å²) in [6.07, 6.45) is 1.82. The maximum absolute atomic E-state index is 11.6. The highest BCUT2D eigenvalue weighted by molar-refractivity contribution is 5.95. The maximum atomic E-state index is 11.6. The summed E-state index contributed by atoms with van der Waals surface area (Å²) in [6.45, 7) is 12.6. The van der Waals surface area contributed by atoms with Crippen LogP contribution >= 0.6 is 0 Å². The van der Waals surface area contributed by atoms with Crippen LogP contribution in [0.25, 0.3) is 11.3 Å². The first-order chi connectivity index (χ1) is 11.0. The smallest absolute Gasteiger partial charge is 0.250 e. The topological polar surface area (TPSA) is 51.3 Å². The predicted molar refractivity (Wildman–Crippen MR) is 96.9 cm³/mol. The average molecular weight is 311 g/mol. The van der Waals surface area contributed by atoms with E-state index in [2.05, 4.69) is 54.2 Å². The highest BCUT2D eigenvalue weighted by Gasteiger charge is 2.16. The van der Waals surface area contributed by atoms with Gasteiger partial charge in [-0.3, -0.25) is 4.79 Å². The van der Waals surface area contributed by atoms with Crippen molar-refractivity contribution in [3.05, 3.63) is 54.2 Å². The Morgan fingerprint density at radius 1 is 1.26 bits per heavy atom. The van der Waals surface area contributed by atoms with Crippen molar-refractivity contribution in [3.8, 4) is 11.3 Å². The normalized spacial score (nSPS) is 10.6. The lowest BCUT2D eigenvalue weighted by Crippen LogP contribution is -2.21. The summed E-state index contributed by atoms with van der Waals surface area (Å²) < 4.78 is 2.07. The van der Waals surface area contributed by atoms with Gasteiger partial charge in [0.1, 0.15) is 0 Å². The van der Waals surface area contributed by atoms with Crippen molar-refractivity contribution in [1.82, 2.24) is 4.57 Å². The van der Waals surface area contributed by atoms with E-state index in [9.17, 15) is 4.79 Å². The predicted octanol–water partition coefficient (Wildman–Crippen LogP) is 3.59. The number of rotatable bonds is 7. The van der Waals surface area contributed by atoms with E-state index in [0.717, 1.165) is 30.0 Å². The molecule has 1 heterocycles. The summed E-state index contributed by atoms with van der Waals surface area (Å²) in [5.74, 6) is -0.397. The molecule has 1 aromatic carbocycles. The van der Waals surface area contributed by atoms with Gasteiger partial charge in [0, 0.05) is 36.7 Å². The molecule has 4 heteroatoms. The molecule has 0 aliphatic carbocycles. The number of primary amides is 1. The molecule has 1 amide bonds. The lowest BCUT2D eigenvalue weighted by molar-refractivity contribution is 0.0999. The molecule has 0 aliphatic heterocycles. The van der Waals surface area contributed by atoms with Crippen LogP contribution in [0.2, 0.25) is 0 Å². The minimum atomic E-state index is -0.397. The Kier molecular flexibility index (Phi) is 5.27. The van der Waals surface area contributed by atoms with E-state index in [4.69, 9.17) is 5.73 Å². The van der Waals surface area contributed by atoms with Crippen LogP contribution in [0.4, 0.5) is 5.69 Å². The quantitative estimate of drug-likeness (QED) is 0.794. The first-order valence-corrected chi connectivity index (χ1v) is 7.99. The van der Waals surface area contributed by atoms with E-state index >= 15 is 0 Å². The van der Waals surface area contributed by atoms with Crippen LogP contribution in [0.15, 0.2) is 43.0 Å². The van der Waals surface area contributed by atoms with Gasteiger partial charge in [-0.15, -0.1) is 6.58 Å². The minimum Gasteiger partial charge on any atom is -0.372 e. The standard InChI is InChI=1S/C19H25N3O/c1-5-12-22-14(4)17(19(20)23)13-18(22)15-8-10-16(11-9-15)21(6-2)7-3/h5,8-11,13H,1,6-7,12H2,2-4H3,(H2,20,23). The molecule has 23 heavy (non-hydrogen) atoms. The van der Waals surface area contributed by atoms with Gasteiger partial charge in [0.2, 0.25) is 0 Å². The molecule has 0 saturated carbocycles. The second kappa shape index (κ2) is 7.18. The van der Waals surface area contributed by atoms with Gasteiger partial charge in [-0.1, -0.05) is 18.2 Å². The molecule has 0 atom stereocenters. The number of anilines is 1. The molecule has 122 valence electrons. The van der Waals surface area contributed by atoms with Gasteiger partial charge < -0.3 is 15.2 Å². The molecule has 0 unspecified atom stereocenters. The second-order valence-electron chi connectivity index (χ2n) is 5.51. The molecule has 0 fully saturated rings. The van der Waals surface area contributed by atoms with Crippen LogP contribution in [-0.4, -0.2) is 23.6 Å². The lowest BCUT2D eigenvalue weighted by atomic mass is 10.1. The van der Waals surface area contributed by atoms with Gasteiger partial charge in [0.25, 0.3) is 5.91 Å². The average Bonchev–Trinajstić information content (AvgIpc) is 2.87. The number of hydrogen-bond donors (Lipinski definition) is 1. The molecule has 0 bridgehead atoms. The van der Waals surface area contributed by atoms with Gasteiger partial charge in [0.05, 0.1) is 5.56 Å². The molecule has 0 radical (unpaired) electrons. The van der Waals surface area contributed by atoms with Crippen molar-refractivity contribution in [2.75, 3.05) is 18.0 Å². The number of aromatic nitrogens is 1. The number of nitrogens with two attached hydrogens (primary N) is 1. The number of amides is 1. The van der Waals surface area contributed by atoms with E-state index in [-0.39, 0.29) is 0 Å². The van der Waals surface area contributed by atoms with E-state index < -0.39 is 5.91 Å². The Bertz CT molecular complexity index is 694. The lowest BCUT2D eigenvalue weighted by Gasteiger charge is -2.21. The molecule has 2 N–H and O–H groups in total. The first-order valence-electron chi connectivity index (χ1n) is 7.99. The zero-order valence-electron chi connectivity index (χ0n) is 14.2. The van der Waals surface area contributed by atoms with E-state index in [1.165, 1.54) is 5.69 Å². The number of benzene rings is 1. The van der Waals surface area contributed by atoms with E-state index in [1.807, 2.05) is 19.1 Å². The fourth-order valence-electron chi connectivity index (χ4n) is 2.93. The van der Waals surface area contributed by atoms with Crippen LogP contribution in [0, 0.1) is 6.92 Å². The summed E-state index contributed by atoms with van der Waals surface area (Å²) >= 11 is 0. The highest BCUT2D eigenvalue weighted by atomic mass is 16.1. The molecule has 0 saturated heterocycles. The molecular weight excluding hydrogens is 286 g/mol.